The van der Waals surface area contributed by atoms with Crippen LogP contribution >= 0.6 is 0 Å². The predicted octanol–water partition coefficient (Wildman–Crippen LogP) is 3.81. The average Bonchev–Trinajstić information content (AvgIpc) is 3.61. The Labute approximate surface area is 209 Å². The van der Waals surface area contributed by atoms with E-state index in [1.165, 1.54) is 4.31 Å². The molecule has 1 saturated heterocycles. The lowest BCUT2D eigenvalue weighted by molar-refractivity contribution is -0.116. The zero-order chi connectivity index (χ0) is 24.9. The summed E-state index contributed by atoms with van der Waals surface area (Å²) >= 11 is 0. The van der Waals surface area contributed by atoms with E-state index in [1.807, 2.05) is 43.3 Å². The van der Waals surface area contributed by atoms with Gasteiger partial charge in [0.15, 0.2) is 23.0 Å². The van der Waals surface area contributed by atoms with Gasteiger partial charge in [0, 0.05) is 18.4 Å². The second-order valence-corrected chi connectivity index (χ2v) is 11.2. The van der Waals surface area contributed by atoms with E-state index in [-0.39, 0.29) is 43.1 Å². The number of benzene rings is 3. The number of sulfonamides is 1. The highest BCUT2D eigenvalue weighted by Gasteiger charge is 2.44. The summed E-state index contributed by atoms with van der Waals surface area (Å²) in [6.07, 6.45) is 0.628. The number of ether oxygens (including phenoxy) is 4. The smallest absolute Gasteiger partial charge is 0.243 e. The lowest BCUT2D eigenvalue weighted by Crippen LogP contribution is -2.40. The van der Waals surface area contributed by atoms with Gasteiger partial charge in [-0.1, -0.05) is 29.8 Å². The number of hydrogen-bond donors (Lipinski definition) is 0. The zero-order valence-electron chi connectivity index (χ0n) is 19.7. The third-order valence-electron chi connectivity index (χ3n) is 6.95. The molecule has 6 rings (SSSR count). The van der Waals surface area contributed by atoms with Crippen LogP contribution in [0.5, 0.6) is 23.0 Å². The Bertz CT molecular complexity index is 1430. The van der Waals surface area contributed by atoms with Crippen LogP contribution in [-0.2, 0) is 21.2 Å². The second kappa shape index (κ2) is 8.83. The normalized spacial score (nSPS) is 19.6. The molecular formula is C27H25NO7S. The number of carbonyl (C=O) groups excluding carboxylic acids is 1. The molecule has 0 spiro atoms. The van der Waals surface area contributed by atoms with Crippen molar-refractivity contribution in [3.8, 4) is 23.0 Å². The third kappa shape index (κ3) is 4.08. The van der Waals surface area contributed by atoms with Crippen LogP contribution < -0.4 is 18.9 Å². The van der Waals surface area contributed by atoms with E-state index < -0.39 is 16.1 Å². The standard InChI is InChI=1S/C27H25NO7S/c1-17-2-6-21(7-3-17)36(30,31)28-14-20(29)13-23(28)22(19-5-9-25-27(12-19)35-16-33-25)10-18-4-8-24-26(11-18)34-15-32-24/h2-9,11-12,22-23H,10,13-16H2,1H3/t22-,23+/m1/s1. The number of carbonyl (C=O) groups is 1. The van der Waals surface area contributed by atoms with Crippen molar-refractivity contribution in [2.75, 3.05) is 20.1 Å². The molecular weight excluding hydrogens is 482 g/mol. The first-order valence-corrected chi connectivity index (χ1v) is 13.2. The fourth-order valence-electron chi connectivity index (χ4n) is 5.08. The quantitative estimate of drug-likeness (QED) is 0.501. The number of ketones is 1. The maximum atomic E-state index is 13.7. The molecule has 1 fully saturated rings. The summed E-state index contributed by atoms with van der Waals surface area (Å²) < 4.78 is 50.9. The average molecular weight is 508 g/mol. The summed E-state index contributed by atoms with van der Waals surface area (Å²) in [7, 11) is -3.89. The van der Waals surface area contributed by atoms with Gasteiger partial charge >= 0.3 is 0 Å². The molecule has 0 N–H and O–H groups in total. The van der Waals surface area contributed by atoms with Gasteiger partial charge in [-0.2, -0.15) is 4.31 Å². The van der Waals surface area contributed by atoms with E-state index >= 15 is 0 Å². The second-order valence-electron chi connectivity index (χ2n) is 9.28. The molecule has 0 unspecified atom stereocenters. The van der Waals surface area contributed by atoms with Gasteiger partial charge in [-0.25, -0.2) is 8.42 Å². The number of aryl methyl sites for hydroxylation is 1. The molecule has 0 saturated carbocycles. The van der Waals surface area contributed by atoms with Gasteiger partial charge in [0.2, 0.25) is 23.6 Å². The van der Waals surface area contributed by atoms with Crippen molar-refractivity contribution in [2.45, 2.75) is 36.6 Å². The Morgan fingerprint density at radius 3 is 2.22 bits per heavy atom. The summed E-state index contributed by atoms with van der Waals surface area (Å²) in [5.41, 5.74) is 2.79. The van der Waals surface area contributed by atoms with Gasteiger partial charge in [-0.05, 0) is 60.9 Å². The summed E-state index contributed by atoms with van der Waals surface area (Å²) in [6.45, 7) is 2.06. The van der Waals surface area contributed by atoms with Crippen molar-refractivity contribution in [3.63, 3.8) is 0 Å². The van der Waals surface area contributed by atoms with Crippen molar-refractivity contribution in [1.29, 1.82) is 0 Å². The number of fused-ring (bicyclic) bond motifs is 2. The highest BCUT2D eigenvalue weighted by molar-refractivity contribution is 7.89. The Balaban J connectivity index is 1.41. The maximum absolute atomic E-state index is 13.7. The van der Waals surface area contributed by atoms with Gasteiger partial charge < -0.3 is 18.9 Å². The monoisotopic (exact) mass is 507 g/mol. The van der Waals surface area contributed by atoms with Gasteiger partial charge in [0.25, 0.3) is 0 Å². The van der Waals surface area contributed by atoms with Crippen LogP contribution in [0.15, 0.2) is 65.6 Å². The molecule has 0 amide bonds. The molecule has 0 aliphatic carbocycles. The van der Waals surface area contributed by atoms with Crippen LogP contribution in [0.1, 0.15) is 29.0 Å². The van der Waals surface area contributed by atoms with Crippen LogP contribution in [0.2, 0.25) is 0 Å². The van der Waals surface area contributed by atoms with E-state index in [0.717, 1.165) is 16.7 Å². The lowest BCUT2D eigenvalue weighted by atomic mass is 9.84. The summed E-state index contributed by atoms with van der Waals surface area (Å²) in [6, 6.07) is 17.5. The molecule has 3 aliphatic heterocycles. The molecule has 3 aliphatic rings. The number of hydrogen-bond acceptors (Lipinski definition) is 7. The van der Waals surface area contributed by atoms with Crippen molar-refractivity contribution in [3.05, 3.63) is 77.4 Å². The van der Waals surface area contributed by atoms with Crippen LogP contribution in [0.3, 0.4) is 0 Å². The van der Waals surface area contributed by atoms with Gasteiger partial charge in [0.05, 0.1) is 11.4 Å². The third-order valence-corrected chi connectivity index (χ3v) is 8.83. The largest absolute Gasteiger partial charge is 0.454 e. The lowest BCUT2D eigenvalue weighted by Gasteiger charge is -2.31. The first kappa shape index (κ1) is 22.9. The van der Waals surface area contributed by atoms with Crippen molar-refractivity contribution in [2.24, 2.45) is 0 Å². The Morgan fingerprint density at radius 1 is 0.861 bits per heavy atom. The topological polar surface area (TPSA) is 91.4 Å². The molecule has 0 radical (unpaired) electrons. The first-order valence-electron chi connectivity index (χ1n) is 11.8. The van der Waals surface area contributed by atoms with Crippen LogP contribution in [0, 0.1) is 6.92 Å². The van der Waals surface area contributed by atoms with Crippen molar-refractivity contribution < 1.29 is 32.2 Å². The van der Waals surface area contributed by atoms with Crippen molar-refractivity contribution in [1.82, 2.24) is 4.31 Å². The maximum Gasteiger partial charge on any atom is 0.243 e. The van der Waals surface area contributed by atoms with E-state index in [0.29, 0.717) is 29.4 Å². The molecule has 0 aromatic heterocycles. The number of rotatable bonds is 6. The summed E-state index contributed by atoms with van der Waals surface area (Å²) in [5.74, 6) is 2.17. The van der Waals surface area contributed by atoms with E-state index in [4.69, 9.17) is 18.9 Å². The highest BCUT2D eigenvalue weighted by Crippen LogP contribution is 2.42. The van der Waals surface area contributed by atoms with Gasteiger partial charge in [0.1, 0.15) is 5.78 Å². The highest BCUT2D eigenvalue weighted by atomic mass is 32.2. The number of Topliss-reactive ketones (excluding diaryl/α,β-unsaturated/α-hetero) is 1. The minimum absolute atomic E-state index is 0.105. The molecule has 2 atom stereocenters. The number of nitrogens with zero attached hydrogens (tertiary/aromatic N) is 1. The summed E-state index contributed by atoms with van der Waals surface area (Å²) in [4.78, 5) is 12.9. The Kier molecular flexibility index (Phi) is 5.61. The van der Waals surface area contributed by atoms with E-state index in [1.54, 1.807) is 24.3 Å². The minimum Gasteiger partial charge on any atom is -0.454 e. The van der Waals surface area contributed by atoms with Gasteiger partial charge in [-0.3, -0.25) is 4.79 Å². The fraction of sp³-hybridized carbons (Fsp3) is 0.296. The molecule has 3 aromatic rings. The Hall–Kier alpha value is -3.56. The van der Waals surface area contributed by atoms with Crippen LogP contribution in [0.4, 0.5) is 0 Å². The summed E-state index contributed by atoms with van der Waals surface area (Å²) in [5, 5.41) is 0. The van der Waals surface area contributed by atoms with Crippen LogP contribution in [0.25, 0.3) is 0 Å². The fourth-order valence-corrected chi connectivity index (χ4v) is 6.73. The van der Waals surface area contributed by atoms with Crippen molar-refractivity contribution >= 4 is 15.8 Å². The molecule has 0 bridgehead atoms. The van der Waals surface area contributed by atoms with Gasteiger partial charge in [-0.15, -0.1) is 0 Å². The molecule has 3 heterocycles. The van der Waals surface area contributed by atoms with E-state index in [2.05, 4.69) is 0 Å². The zero-order valence-corrected chi connectivity index (χ0v) is 20.5. The molecule has 36 heavy (non-hydrogen) atoms. The molecule has 3 aromatic carbocycles. The molecule has 8 nitrogen and oxygen atoms in total. The van der Waals surface area contributed by atoms with E-state index in [9.17, 15) is 13.2 Å². The predicted molar refractivity (Wildman–Crippen MR) is 130 cm³/mol. The van der Waals surface area contributed by atoms with Crippen LogP contribution in [-0.4, -0.2) is 44.7 Å². The SMILES string of the molecule is Cc1ccc(S(=O)(=O)N2CC(=O)C[C@H]2[C@H](Cc2ccc3c(c2)OCO3)c2ccc3c(c2)OCO3)cc1. The Morgan fingerprint density at radius 2 is 1.50 bits per heavy atom. The molecule has 186 valence electrons. The minimum atomic E-state index is -3.89. The molecule has 9 heteroatoms. The first-order chi connectivity index (χ1) is 17.4.